The van der Waals surface area contributed by atoms with Gasteiger partial charge in [0.15, 0.2) is 0 Å². The van der Waals surface area contributed by atoms with Gasteiger partial charge in [-0.2, -0.15) is 0 Å². The molecular formula is C14H15BrN2. The lowest BCUT2D eigenvalue weighted by Crippen LogP contribution is -2.27. The van der Waals surface area contributed by atoms with E-state index in [4.69, 9.17) is 10.7 Å². The molecule has 2 nitrogen and oxygen atoms in total. The zero-order chi connectivity index (χ0) is 11.8. The highest BCUT2D eigenvalue weighted by Gasteiger charge is 2.27. The topological polar surface area (TPSA) is 38.9 Å². The van der Waals surface area contributed by atoms with Gasteiger partial charge < -0.3 is 5.73 Å². The first kappa shape index (κ1) is 11.2. The summed E-state index contributed by atoms with van der Waals surface area (Å²) in [5, 5.41) is 1.16. The highest BCUT2D eigenvalue weighted by atomic mass is 79.9. The lowest BCUT2D eigenvalue weighted by atomic mass is 9.79. The van der Waals surface area contributed by atoms with E-state index in [1.54, 1.807) is 0 Å². The van der Waals surface area contributed by atoms with Gasteiger partial charge in [0.2, 0.25) is 0 Å². The molecule has 1 atom stereocenters. The van der Waals surface area contributed by atoms with Gasteiger partial charge in [0, 0.05) is 9.86 Å². The molecule has 1 unspecified atom stereocenters. The van der Waals surface area contributed by atoms with Crippen LogP contribution in [0.5, 0.6) is 0 Å². The first-order valence-electron chi connectivity index (χ1n) is 6.06. The van der Waals surface area contributed by atoms with Crippen LogP contribution in [-0.2, 0) is 0 Å². The fraction of sp³-hybridized carbons (Fsp3) is 0.357. The Kier molecular flexibility index (Phi) is 2.89. The maximum Gasteiger partial charge on any atom is 0.0723 e. The number of para-hydroxylation sites is 1. The van der Waals surface area contributed by atoms with Gasteiger partial charge in [0.1, 0.15) is 0 Å². The Morgan fingerprint density at radius 2 is 2.06 bits per heavy atom. The van der Waals surface area contributed by atoms with Crippen molar-refractivity contribution in [1.82, 2.24) is 4.98 Å². The van der Waals surface area contributed by atoms with Crippen molar-refractivity contribution in [2.75, 3.05) is 0 Å². The van der Waals surface area contributed by atoms with Crippen LogP contribution in [0, 0.1) is 5.92 Å². The van der Waals surface area contributed by atoms with E-state index in [1.807, 2.05) is 18.2 Å². The van der Waals surface area contributed by atoms with Crippen LogP contribution in [0.15, 0.2) is 34.8 Å². The number of halogens is 1. The maximum atomic E-state index is 6.30. The Balaban J connectivity index is 2.06. The number of fused-ring (bicyclic) bond motifs is 1. The van der Waals surface area contributed by atoms with Crippen molar-refractivity contribution >= 4 is 26.8 Å². The number of hydrogen-bond donors (Lipinski definition) is 1. The predicted octanol–water partition coefficient (Wildman–Crippen LogP) is 3.80. The molecule has 3 heteroatoms. The van der Waals surface area contributed by atoms with Crippen LogP contribution in [0.25, 0.3) is 10.9 Å². The van der Waals surface area contributed by atoms with Gasteiger partial charge in [0.05, 0.1) is 17.3 Å². The first-order valence-corrected chi connectivity index (χ1v) is 6.86. The van der Waals surface area contributed by atoms with Crippen LogP contribution < -0.4 is 5.73 Å². The number of rotatable bonds is 2. The molecule has 2 aromatic rings. The molecule has 0 bridgehead atoms. The minimum atomic E-state index is 0.0720. The van der Waals surface area contributed by atoms with Crippen molar-refractivity contribution in [2.24, 2.45) is 11.7 Å². The van der Waals surface area contributed by atoms with Crippen molar-refractivity contribution in [3.05, 3.63) is 40.5 Å². The Hall–Kier alpha value is -0.930. The number of pyridine rings is 1. The molecule has 0 amide bonds. The van der Waals surface area contributed by atoms with Crippen LogP contribution >= 0.6 is 15.9 Å². The Morgan fingerprint density at radius 3 is 2.76 bits per heavy atom. The molecule has 1 heterocycles. The minimum Gasteiger partial charge on any atom is -0.322 e. The van der Waals surface area contributed by atoms with E-state index >= 15 is 0 Å². The molecule has 1 saturated carbocycles. The van der Waals surface area contributed by atoms with Gasteiger partial charge in [-0.1, -0.05) is 24.6 Å². The summed E-state index contributed by atoms with van der Waals surface area (Å²) in [5.74, 6) is 0.611. The summed E-state index contributed by atoms with van der Waals surface area (Å²) in [5.41, 5.74) is 8.34. The highest BCUT2D eigenvalue weighted by molar-refractivity contribution is 9.10. The molecule has 88 valence electrons. The summed E-state index contributed by atoms with van der Waals surface area (Å²) in [6.45, 7) is 0. The average molecular weight is 291 g/mol. The number of nitrogens with two attached hydrogens (primary N) is 1. The largest absolute Gasteiger partial charge is 0.322 e. The van der Waals surface area contributed by atoms with Crippen LogP contribution in [-0.4, -0.2) is 4.98 Å². The van der Waals surface area contributed by atoms with Gasteiger partial charge in [-0.25, -0.2) is 4.98 Å². The maximum absolute atomic E-state index is 6.30. The van der Waals surface area contributed by atoms with Crippen molar-refractivity contribution < 1.29 is 0 Å². The van der Waals surface area contributed by atoms with Crippen molar-refractivity contribution in [3.63, 3.8) is 0 Å². The molecule has 1 fully saturated rings. The Bertz CT molecular complexity index is 549. The Labute approximate surface area is 109 Å². The molecule has 3 rings (SSSR count). The van der Waals surface area contributed by atoms with Gasteiger partial charge in [0.25, 0.3) is 0 Å². The highest BCUT2D eigenvalue weighted by Crippen LogP contribution is 2.38. The molecule has 1 aromatic carbocycles. The first-order chi connectivity index (χ1) is 8.25. The van der Waals surface area contributed by atoms with Crippen molar-refractivity contribution in [2.45, 2.75) is 25.3 Å². The van der Waals surface area contributed by atoms with Gasteiger partial charge in [-0.3, -0.25) is 0 Å². The van der Waals surface area contributed by atoms with Crippen LogP contribution in [0.2, 0.25) is 0 Å². The van der Waals surface area contributed by atoms with E-state index in [0.29, 0.717) is 5.92 Å². The third-order valence-electron chi connectivity index (χ3n) is 3.68. The van der Waals surface area contributed by atoms with E-state index in [9.17, 15) is 0 Å². The van der Waals surface area contributed by atoms with E-state index in [0.717, 1.165) is 21.1 Å². The molecule has 0 saturated heterocycles. The van der Waals surface area contributed by atoms with Crippen LogP contribution in [0.1, 0.15) is 31.0 Å². The summed E-state index contributed by atoms with van der Waals surface area (Å²) >= 11 is 3.60. The zero-order valence-corrected chi connectivity index (χ0v) is 11.2. The van der Waals surface area contributed by atoms with Crippen molar-refractivity contribution in [3.8, 4) is 0 Å². The summed E-state index contributed by atoms with van der Waals surface area (Å²) in [4.78, 5) is 4.71. The predicted molar refractivity (Wildman–Crippen MR) is 73.7 cm³/mol. The lowest BCUT2D eigenvalue weighted by Gasteiger charge is -2.31. The number of aromatic nitrogens is 1. The van der Waals surface area contributed by atoms with E-state index in [1.165, 1.54) is 19.3 Å². The summed E-state index contributed by atoms with van der Waals surface area (Å²) in [6, 6.07) is 10.4. The summed E-state index contributed by atoms with van der Waals surface area (Å²) in [6.07, 6.45) is 3.79. The molecule has 0 aliphatic heterocycles. The molecule has 0 radical (unpaired) electrons. The second-order valence-electron chi connectivity index (χ2n) is 4.76. The monoisotopic (exact) mass is 290 g/mol. The van der Waals surface area contributed by atoms with E-state index in [-0.39, 0.29) is 6.04 Å². The molecule has 1 aromatic heterocycles. The SMILES string of the molecule is NC(c1nc2ccccc2cc1Br)C1CCC1. The number of hydrogen-bond acceptors (Lipinski definition) is 2. The second-order valence-corrected chi connectivity index (χ2v) is 5.62. The number of nitrogens with zero attached hydrogens (tertiary/aromatic N) is 1. The van der Waals surface area contributed by atoms with Crippen molar-refractivity contribution in [1.29, 1.82) is 0 Å². The van der Waals surface area contributed by atoms with E-state index in [2.05, 4.69) is 28.1 Å². The molecule has 0 spiro atoms. The molecule has 1 aliphatic rings. The fourth-order valence-electron chi connectivity index (χ4n) is 2.36. The number of benzene rings is 1. The smallest absolute Gasteiger partial charge is 0.0723 e. The second kappa shape index (κ2) is 4.39. The van der Waals surface area contributed by atoms with Crippen LogP contribution in [0.4, 0.5) is 0 Å². The van der Waals surface area contributed by atoms with Gasteiger partial charge >= 0.3 is 0 Å². The zero-order valence-electron chi connectivity index (χ0n) is 9.57. The molecule has 17 heavy (non-hydrogen) atoms. The minimum absolute atomic E-state index is 0.0720. The van der Waals surface area contributed by atoms with Gasteiger partial charge in [-0.15, -0.1) is 0 Å². The molecule has 1 aliphatic carbocycles. The fourth-order valence-corrected chi connectivity index (χ4v) is 2.96. The summed E-state index contributed by atoms with van der Waals surface area (Å²) < 4.78 is 1.04. The molecule has 2 N–H and O–H groups in total. The van der Waals surface area contributed by atoms with Crippen LogP contribution in [0.3, 0.4) is 0 Å². The van der Waals surface area contributed by atoms with E-state index < -0.39 is 0 Å². The van der Waals surface area contributed by atoms with Gasteiger partial charge in [-0.05, 0) is 46.8 Å². The standard InChI is InChI=1S/C14H15BrN2/c15-11-8-10-4-1-2-7-12(10)17-14(11)13(16)9-5-3-6-9/h1-2,4,7-9,13H,3,5-6,16H2. The Morgan fingerprint density at radius 1 is 1.29 bits per heavy atom. The third-order valence-corrected chi connectivity index (χ3v) is 4.31. The normalized spacial score (nSPS) is 18.0. The third kappa shape index (κ3) is 1.98. The lowest BCUT2D eigenvalue weighted by molar-refractivity contribution is 0.261. The average Bonchev–Trinajstić information content (AvgIpc) is 2.25. The summed E-state index contributed by atoms with van der Waals surface area (Å²) in [7, 11) is 0. The quantitative estimate of drug-likeness (QED) is 0.914. The molecular weight excluding hydrogens is 276 g/mol.